The molecule has 0 radical (unpaired) electrons. The van der Waals surface area contributed by atoms with Crippen LogP contribution >= 0.6 is 22.9 Å². The molecule has 0 aromatic carbocycles. The van der Waals surface area contributed by atoms with E-state index in [0.717, 1.165) is 5.69 Å². The minimum absolute atomic E-state index is 0.278. The molecule has 1 amide bonds. The minimum Gasteiger partial charge on any atom is -0.296 e. The molecule has 0 fully saturated rings. The molecule has 6 heteroatoms. The van der Waals surface area contributed by atoms with Crippen LogP contribution in [0.3, 0.4) is 0 Å². The van der Waals surface area contributed by atoms with Crippen LogP contribution in [0.1, 0.15) is 16.2 Å². The van der Waals surface area contributed by atoms with E-state index in [4.69, 9.17) is 11.6 Å². The number of amides is 1. The largest absolute Gasteiger partial charge is 0.296 e. The lowest BCUT2D eigenvalue weighted by atomic mass is 10.3. The quantitative estimate of drug-likeness (QED) is 0.838. The molecule has 0 bridgehead atoms. The number of nitrogens with zero attached hydrogens (tertiary/aromatic N) is 2. The van der Waals surface area contributed by atoms with Gasteiger partial charge in [-0.25, -0.2) is 9.97 Å². The van der Waals surface area contributed by atoms with Gasteiger partial charge < -0.3 is 0 Å². The number of hydrogen-bond donors (Lipinski definition) is 1. The lowest BCUT2D eigenvalue weighted by Crippen LogP contribution is -2.13. The Bertz CT molecular complexity index is 526. The summed E-state index contributed by atoms with van der Waals surface area (Å²) in [5.41, 5.74) is 1.15. The average molecular weight is 254 g/mol. The first kappa shape index (κ1) is 11.0. The number of hydrogen-bond acceptors (Lipinski definition) is 4. The van der Waals surface area contributed by atoms with Crippen LogP contribution < -0.4 is 5.32 Å². The van der Waals surface area contributed by atoms with E-state index >= 15 is 0 Å². The molecule has 0 saturated heterocycles. The van der Waals surface area contributed by atoms with Crippen molar-refractivity contribution < 1.29 is 4.79 Å². The topological polar surface area (TPSA) is 54.9 Å². The van der Waals surface area contributed by atoms with Crippen molar-refractivity contribution in [2.24, 2.45) is 0 Å². The third-order valence-corrected chi connectivity index (χ3v) is 2.87. The highest BCUT2D eigenvalue weighted by Crippen LogP contribution is 2.15. The average Bonchev–Trinajstić information content (AvgIpc) is 2.64. The molecule has 0 unspecified atom stereocenters. The van der Waals surface area contributed by atoms with Gasteiger partial charge in [-0.15, -0.1) is 11.3 Å². The van der Waals surface area contributed by atoms with Gasteiger partial charge in [0.05, 0.1) is 5.69 Å². The van der Waals surface area contributed by atoms with Crippen LogP contribution in [0.2, 0.25) is 5.15 Å². The van der Waals surface area contributed by atoms with Crippen molar-refractivity contribution in [3.63, 3.8) is 0 Å². The van der Waals surface area contributed by atoms with Crippen LogP contribution in [0.5, 0.6) is 0 Å². The normalized spacial score (nSPS) is 10.1. The maximum atomic E-state index is 11.7. The zero-order valence-electron chi connectivity index (χ0n) is 8.40. The Morgan fingerprint density at radius 1 is 1.44 bits per heavy atom. The highest BCUT2D eigenvalue weighted by atomic mass is 35.5. The van der Waals surface area contributed by atoms with Crippen LogP contribution in [-0.4, -0.2) is 15.9 Å². The summed E-state index contributed by atoms with van der Waals surface area (Å²) in [6.45, 7) is 1.86. The number of nitrogens with one attached hydrogen (secondary N) is 1. The fourth-order valence-electron chi connectivity index (χ4n) is 1.11. The van der Waals surface area contributed by atoms with Gasteiger partial charge in [0, 0.05) is 5.38 Å². The van der Waals surface area contributed by atoms with Gasteiger partial charge in [-0.05, 0) is 19.1 Å². The fourth-order valence-corrected chi connectivity index (χ4v) is 1.95. The number of thiazole rings is 1. The summed E-state index contributed by atoms with van der Waals surface area (Å²) in [6, 6.07) is 4.89. The number of aryl methyl sites for hydroxylation is 1. The zero-order valence-corrected chi connectivity index (χ0v) is 9.97. The summed E-state index contributed by atoms with van der Waals surface area (Å²) in [7, 11) is 0. The van der Waals surface area contributed by atoms with Crippen molar-refractivity contribution in [1.29, 1.82) is 0 Å². The van der Waals surface area contributed by atoms with E-state index in [-0.39, 0.29) is 11.6 Å². The van der Waals surface area contributed by atoms with E-state index < -0.39 is 0 Å². The maximum absolute atomic E-state index is 11.7. The highest BCUT2D eigenvalue weighted by molar-refractivity contribution is 7.13. The molecule has 4 nitrogen and oxygen atoms in total. The first-order valence-electron chi connectivity index (χ1n) is 4.51. The maximum Gasteiger partial charge on any atom is 0.276 e. The summed E-state index contributed by atoms with van der Waals surface area (Å²) < 4.78 is 0. The number of rotatable bonds is 2. The summed E-state index contributed by atoms with van der Waals surface area (Å²) >= 11 is 7.06. The Labute approximate surface area is 101 Å². The van der Waals surface area contributed by atoms with Gasteiger partial charge in [0.1, 0.15) is 10.8 Å². The van der Waals surface area contributed by atoms with Crippen molar-refractivity contribution in [3.05, 3.63) is 40.1 Å². The Morgan fingerprint density at radius 3 is 2.88 bits per heavy atom. The Hall–Kier alpha value is -1.46. The molecule has 2 rings (SSSR count). The molecular formula is C10H8ClN3OS. The molecule has 2 aromatic rings. The van der Waals surface area contributed by atoms with E-state index in [1.165, 1.54) is 11.3 Å². The van der Waals surface area contributed by atoms with E-state index in [1.807, 2.05) is 12.3 Å². The summed E-state index contributed by atoms with van der Waals surface area (Å²) in [5.74, 6) is -0.308. The van der Waals surface area contributed by atoms with Gasteiger partial charge >= 0.3 is 0 Å². The predicted octanol–water partition coefficient (Wildman–Crippen LogP) is 2.75. The van der Waals surface area contributed by atoms with Crippen LogP contribution in [-0.2, 0) is 0 Å². The first-order chi connectivity index (χ1) is 7.65. The molecule has 0 aliphatic rings. The third kappa shape index (κ3) is 2.56. The number of halogens is 1. The Kier molecular flexibility index (Phi) is 3.17. The van der Waals surface area contributed by atoms with E-state index in [9.17, 15) is 4.79 Å². The molecule has 0 spiro atoms. The third-order valence-electron chi connectivity index (χ3n) is 1.79. The predicted molar refractivity (Wildman–Crippen MR) is 64.1 cm³/mol. The van der Waals surface area contributed by atoms with Crippen LogP contribution in [0, 0.1) is 6.92 Å². The van der Waals surface area contributed by atoms with Gasteiger partial charge in [0.2, 0.25) is 0 Å². The second-order valence-corrected chi connectivity index (χ2v) is 4.34. The number of aromatic nitrogens is 2. The molecule has 0 saturated carbocycles. The number of carbonyl (C=O) groups excluding carboxylic acids is 1. The highest BCUT2D eigenvalue weighted by Gasteiger charge is 2.09. The molecule has 0 aliphatic heterocycles. The Morgan fingerprint density at radius 2 is 2.25 bits per heavy atom. The molecule has 0 aliphatic carbocycles. The monoisotopic (exact) mass is 253 g/mol. The van der Waals surface area contributed by atoms with Gasteiger partial charge in [-0.2, -0.15) is 0 Å². The molecule has 1 N–H and O–H groups in total. The van der Waals surface area contributed by atoms with Gasteiger partial charge in [-0.1, -0.05) is 17.7 Å². The molecule has 0 atom stereocenters. The summed E-state index contributed by atoms with van der Waals surface area (Å²) in [4.78, 5) is 19.7. The second kappa shape index (κ2) is 4.59. The molecule has 2 aromatic heterocycles. The van der Waals surface area contributed by atoms with Crippen LogP contribution in [0.15, 0.2) is 23.6 Å². The fraction of sp³-hybridized carbons (Fsp3) is 0.100. The molecule has 16 heavy (non-hydrogen) atoms. The zero-order chi connectivity index (χ0) is 11.5. The smallest absolute Gasteiger partial charge is 0.276 e. The van der Waals surface area contributed by atoms with Crippen molar-refractivity contribution in [1.82, 2.24) is 9.97 Å². The lowest BCUT2D eigenvalue weighted by Gasteiger charge is -2.00. The van der Waals surface area contributed by atoms with Crippen molar-refractivity contribution in [2.45, 2.75) is 6.92 Å². The number of pyridine rings is 1. The van der Waals surface area contributed by atoms with Gasteiger partial charge in [0.15, 0.2) is 5.13 Å². The number of anilines is 1. The van der Waals surface area contributed by atoms with E-state index in [1.54, 1.807) is 18.2 Å². The first-order valence-corrected chi connectivity index (χ1v) is 5.77. The number of carbonyl (C=O) groups is 1. The summed E-state index contributed by atoms with van der Waals surface area (Å²) in [5, 5.41) is 5.37. The standard InChI is InChI=1S/C10H8ClN3OS/c1-6-5-16-10(12-6)14-9(15)7-3-2-4-8(11)13-7/h2-5H,1H3,(H,12,14,15). The molecule has 2 heterocycles. The molecule has 82 valence electrons. The lowest BCUT2D eigenvalue weighted by molar-refractivity contribution is 0.102. The van der Waals surface area contributed by atoms with Crippen molar-refractivity contribution in [2.75, 3.05) is 5.32 Å². The Balaban J connectivity index is 2.14. The van der Waals surface area contributed by atoms with Gasteiger partial charge in [-0.3, -0.25) is 10.1 Å². The van der Waals surface area contributed by atoms with Crippen LogP contribution in [0.25, 0.3) is 0 Å². The molecular weight excluding hydrogens is 246 g/mol. The van der Waals surface area contributed by atoms with E-state index in [0.29, 0.717) is 10.3 Å². The van der Waals surface area contributed by atoms with Crippen molar-refractivity contribution in [3.8, 4) is 0 Å². The van der Waals surface area contributed by atoms with Crippen LogP contribution in [0.4, 0.5) is 5.13 Å². The van der Waals surface area contributed by atoms with E-state index in [2.05, 4.69) is 15.3 Å². The minimum atomic E-state index is -0.308. The second-order valence-electron chi connectivity index (χ2n) is 3.09. The summed E-state index contributed by atoms with van der Waals surface area (Å²) in [6.07, 6.45) is 0. The van der Waals surface area contributed by atoms with Gasteiger partial charge in [0.25, 0.3) is 5.91 Å². The SMILES string of the molecule is Cc1csc(NC(=O)c2cccc(Cl)n2)n1. The van der Waals surface area contributed by atoms with Crippen molar-refractivity contribution >= 4 is 34.0 Å².